The summed E-state index contributed by atoms with van der Waals surface area (Å²) in [5.74, 6) is 0.656. The lowest BCUT2D eigenvalue weighted by Gasteiger charge is -2.33. The van der Waals surface area contributed by atoms with E-state index in [-0.39, 0.29) is 5.91 Å². The molecular weight excluding hydrogens is 300 g/mol. The number of carbonyl (C=O) groups is 1. The van der Waals surface area contributed by atoms with Crippen molar-refractivity contribution in [3.05, 3.63) is 36.4 Å². The summed E-state index contributed by atoms with van der Waals surface area (Å²) in [7, 11) is 0. The molecule has 0 aliphatic carbocycles. The van der Waals surface area contributed by atoms with Crippen molar-refractivity contribution in [2.45, 2.75) is 38.5 Å². The van der Waals surface area contributed by atoms with E-state index in [1.54, 1.807) is 0 Å². The zero-order valence-corrected chi connectivity index (χ0v) is 14.0. The van der Waals surface area contributed by atoms with Gasteiger partial charge in [0.1, 0.15) is 5.65 Å². The van der Waals surface area contributed by atoms with E-state index in [2.05, 4.69) is 34.1 Å². The topological polar surface area (TPSA) is 61.9 Å². The molecule has 3 aromatic rings. The highest BCUT2D eigenvalue weighted by Gasteiger charge is 2.26. The van der Waals surface area contributed by atoms with Gasteiger partial charge in [0.05, 0.1) is 0 Å². The Morgan fingerprint density at radius 1 is 1.42 bits per heavy atom. The molecule has 1 fully saturated rings. The fourth-order valence-electron chi connectivity index (χ4n) is 3.83. The molecule has 24 heavy (non-hydrogen) atoms. The Labute approximate surface area is 141 Å². The van der Waals surface area contributed by atoms with E-state index in [1.165, 1.54) is 16.3 Å². The summed E-state index contributed by atoms with van der Waals surface area (Å²) >= 11 is 0. The first-order valence-corrected chi connectivity index (χ1v) is 8.75. The van der Waals surface area contributed by atoms with Crippen LogP contribution >= 0.6 is 0 Å². The number of likely N-dealkylation sites (tertiary alicyclic amines) is 1. The maximum atomic E-state index is 12.3. The van der Waals surface area contributed by atoms with Crippen LogP contribution in [0.1, 0.15) is 44.1 Å². The number of pyridine rings is 2. The number of carbonyl (C=O) groups excluding carboxylic acids is 1. The fraction of sp³-hybridized carbons (Fsp3) is 0.421. The average Bonchev–Trinajstić information content (AvgIpc) is 3.07. The molecule has 0 radical (unpaired) electrons. The van der Waals surface area contributed by atoms with Crippen LogP contribution in [-0.4, -0.2) is 38.8 Å². The average molecular weight is 322 g/mol. The smallest absolute Gasteiger partial charge is 0.222 e. The number of H-pyrrole nitrogens is 1. The highest BCUT2D eigenvalue weighted by Crippen LogP contribution is 2.35. The Morgan fingerprint density at radius 2 is 2.33 bits per heavy atom. The number of amides is 1. The Bertz CT molecular complexity index is 885. The number of nitrogens with one attached hydrogen (secondary N) is 1. The number of aromatic nitrogens is 3. The number of rotatable bonds is 3. The number of aromatic amines is 1. The molecule has 3 aromatic heterocycles. The van der Waals surface area contributed by atoms with Gasteiger partial charge in [-0.2, -0.15) is 0 Å². The van der Waals surface area contributed by atoms with E-state index in [0.717, 1.165) is 43.4 Å². The van der Waals surface area contributed by atoms with E-state index in [1.807, 2.05) is 23.5 Å². The van der Waals surface area contributed by atoms with Gasteiger partial charge < -0.3 is 9.88 Å². The van der Waals surface area contributed by atoms with Crippen molar-refractivity contribution in [2.75, 3.05) is 13.1 Å². The van der Waals surface area contributed by atoms with E-state index >= 15 is 0 Å². The molecule has 124 valence electrons. The standard InChI is InChI=1S/C19H22N4O/c1-2-4-17(24)23-8-3-5-13(12-23)16-11-22-19-18(16)15-6-7-20-9-14(15)10-21-19/h6-7,9-11,13H,2-5,8,12H2,1H3,(H,21,22). The van der Waals surface area contributed by atoms with Crippen LogP contribution in [0.25, 0.3) is 21.8 Å². The van der Waals surface area contributed by atoms with Crippen molar-refractivity contribution in [1.82, 2.24) is 19.9 Å². The number of nitrogens with zero attached hydrogens (tertiary/aromatic N) is 3. The zero-order chi connectivity index (χ0) is 16.5. The number of hydrogen-bond donors (Lipinski definition) is 1. The third-order valence-corrected chi connectivity index (χ3v) is 5.02. The summed E-state index contributed by atoms with van der Waals surface area (Å²) in [5, 5.41) is 3.42. The van der Waals surface area contributed by atoms with Crippen LogP contribution in [-0.2, 0) is 4.79 Å². The summed E-state index contributed by atoms with van der Waals surface area (Å²) < 4.78 is 0. The number of fused-ring (bicyclic) bond motifs is 3. The van der Waals surface area contributed by atoms with E-state index in [0.29, 0.717) is 12.3 Å². The first-order chi connectivity index (χ1) is 11.8. The summed E-state index contributed by atoms with van der Waals surface area (Å²) in [4.78, 5) is 26.4. The molecule has 1 aliphatic rings. The van der Waals surface area contributed by atoms with Gasteiger partial charge in [0.2, 0.25) is 5.91 Å². The second-order valence-corrected chi connectivity index (χ2v) is 6.62. The van der Waals surface area contributed by atoms with E-state index in [4.69, 9.17) is 0 Å². The minimum absolute atomic E-state index is 0.286. The number of piperidine rings is 1. The minimum Gasteiger partial charge on any atom is -0.346 e. The quantitative estimate of drug-likeness (QED) is 0.801. The molecule has 1 saturated heterocycles. The van der Waals surface area contributed by atoms with Crippen molar-refractivity contribution < 1.29 is 4.79 Å². The summed E-state index contributed by atoms with van der Waals surface area (Å²) in [6.45, 7) is 3.76. The second-order valence-electron chi connectivity index (χ2n) is 6.62. The molecule has 0 aromatic carbocycles. The molecule has 1 unspecified atom stereocenters. The first-order valence-electron chi connectivity index (χ1n) is 8.75. The lowest BCUT2D eigenvalue weighted by Crippen LogP contribution is -2.38. The lowest BCUT2D eigenvalue weighted by molar-refractivity contribution is -0.132. The van der Waals surface area contributed by atoms with Crippen molar-refractivity contribution in [1.29, 1.82) is 0 Å². The van der Waals surface area contributed by atoms with E-state index in [9.17, 15) is 4.79 Å². The molecule has 1 atom stereocenters. The normalized spacial score (nSPS) is 18.4. The van der Waals surface area contributed by atoms with Crippen molar-refractivity contribution in [2.24, 2.45) is 0 Å². The third-order valence-electron chi connectivity index (χ3n) is 5.02. The van der Waals surface area contributed by atoms with Gasteiger partial charge in [-0.1, -0.05) is 6.92 Å². The van der Waals surface area contributed by atoms with Crippen LogP contribution in [0.15, 0.2) is 30.9 Å². The molecule has 5 nitrogen and oxygen atoms in total. The van der Waals surface area contributed by atoms with Gasteiger partial charge in [-0.05, 0) is 36.3 Å². The summed E-state index contributed by atoms with van der Waals surface area (Å²) in [6, 6.07) is 2.06. The molecule has 4 rings (SSSR count). The molecule has 1 amide bonds. The van der Waals surface area contributed by atoms with Crippen LogP contribution in [0.5, 0.6) is 0 Å². The maximum Gasteiger partial charge on any atom is 0.222 e. The summed E-state index contributed by atoms with van der Waals surface area (Å²) in [5.41, 5.74) is 2.20. The van der Waals surface area contributed by atoms with Gasteiger partial charge >= 0.3 is 0 Å². The molecule has 0 saturated carbocycles. The van der Waals surface area contributed by atoms with Gasteiger partial charge in [0, 0.05) is 61.0 Å². The maximum absolute atomic E-state index is 12.3. The van der Waals surface area contributed by atoms with Gasteiger partial charge in [-0.15, -0.1) is 0 Å². The Balaban J connectivity index is 1.73. The summed E-state index contributed by atoms with van der Waals surface area (Å²) in [6.07, 6.45) is 11.4. The minimum atomic E-state index is 0.286. The Morgan fingerprint density at radius 3 is 3.21 bits per heavy atom. The van der Waals surface area contributed by atoms with Crippen molar-refractivity contribution in [3.63, 3.8) is 0 Å². The van der Waals surface area contributed by atoms with Crippen LogP contribution in [0.4, 0.5) is 0 Å². The molecule has 4 heterocycles. The highest BCUT2D eigenvalue weighted by atomic mass is 16.2. The SMILES string of the molecule is CCCC(=O)N1CCCC(c2c[nH]c3ncc4cnccc4c23)C1. The van der Waals surface area contributed by atoms with Crippen LogP contribution in [0.2, 0.25) is 0 Å². The van der Waals surface area contributed by atoms with Gasteiger partial charge in [0.15, 0.2) is 0 Å². The van der Waals surface area contributed by atoms with Gasteiger partial charge in [0.25, 0.3) is 0 Å². The largest absolute Gasteiger partial charge is 0.346 e. The Hall–Kier alpha value is -2.43. The number of hydrogen-bond acceptors (Lipinski definition) is 3. The monoisotopic (exact) mass is 322 g/mol. The van der Waals surface area contributed by atoms with Crippen LogP contribution in [0.3, 0.4) is 0 Å². The highest BCUT2D eigenvalue weighted by molar-refractivity contribution is 6.06. The molecular formula is C19H22N4O. The Kier molecular flexibility index (Phi) is 3.92. The predicted molar refractivity (Wildman–Crippen MR) is 94.9 cm³/mol. The zero-order valence-electron chi connectivity index (χ0n) is 14.0. The van der Waals surface area contributed by atoms with E-state index < -0.39 is 0 Å². The van der Waals surface area contributed by atoms with Gasteiger partial charge in [-0.3, -0.25) is 9.78 Å². The van der Waals surface area contributed by atoms with Crippen LogP contribution in [0, 0.1) is 0 Å². The van der Waals surface area contributed by atoms with Gasteiger partial charge in [-0.25, -0.2) is 4.98 Å². The first kappa shape index (κ1) is 15.1. The molecule has 1 aliphatic heterocycles. The molecule has 1 N–H and O–H groups in total. The van der Waals surface area contributed by atoms with Crippen molar-refractivity contribution in [3.8, 4) is 0 Å². The molecule has 0 bridgehead atoms. The molecule has 0 spiro atoms. The lowest BCUT2D eigenvalue weighted by atomic mass is 9.89. The second kappa shape index (κ2) is 6.23. The third kappa shape index (κ3) is 2.54. The van der Waals surface area contributed by atoms with Crippen molar-refractivity contribution >= 4 is 27.7 Å². The fourth-order valence-corrected chi connectivity index (χ4v) is 3.83. The predicted octanol–water partition coefficient (Wildman–Crippen LogP) is 3.62. The van der Waals surface area contributed by atoms with Crippen LogP contribution < -0.4 is 0 Å². The molecule has 5 heteroatoms.